The zero-order valence-electron chi connectivity index (χ0n) is 77.0. The number of aromatic nitrogens is 10. The zero-order chi connectivity index (χ0) is 98.5. The summed E-state index contributed by atoms with van der Waals surface area (Å²) in [4.78, 5) is 103. The molecule has 5 fully saturated rings. The lowest BCUT2D eigenvalue weighted by Gasteiger charge is -2.30. The number of Topliss-reactive ketones (excluding diaryl/α,β-unsaturated/α-hetero) is 1. The number of alkyl halides is 3. The Labute approximate surface area is 825 Å². The number of hydrogen-bond acceptors (Lipinski definition) is 27. The fraction of sp³-hybridized carbons (Fsp3) is 0.411. The number of halogens is 8. The smallest absolute Gasteiger partial charge is 0.434 e. The molecule has 43 heteroatoms. The highest BCUT2D eigenvalue weighted by molar-refractivity contribution is 9.10. The summed E-state index contributed by atoms with van der Waals surface area (Å²) in [5.74, 6) is 3.74. The second kappa shape index (κ2) is 54.3. The lowest BCUT2D eigenvalue weighted by atomic mass is 10.0. The minimum absolute atomic E-state index is 0.00399. The monoisotopic (exact) mass is 2040 g/mol. The molecular formula is C95H108BrCl4F3N20O15. The number of carbonyl (C=O) groups is 5. The molecule has 5 aliphatic rings. The maximum absolute atomic E-state index is 12.6. The molecular weight excluding hydrogens is 1940 g/mol. The number of rotatable bonds is 27. The van der Waals surface area contributed by atoms with Crippen LogP contribution < -0.4 is 66.2 Å². The van der Waals surface area contributed by atoms with Crippen molar-refractivity contribution in [2.45, 2.75) is 168 Å². The number of morpholine rings is 1. The van der Waals surface area contributed by atoms with Crippen molar-refractivity contribution in [2.24, 2.45) is 0 Å². The van der Waals surface area contributed by atoms with Crippen LogP contribution in [-0.2, 0) is 47.5 Å². The molecule has 5 aliphatic heterocycles. The predicted octanol–water partition coefficient (Wildman–Crippen LogP) is 19.9. The standard InChI is InChI=1S/C20H21ClF3N3O3.C20H26N4O3.C19H23BrN4O3.C18H20Cl2N4O3.C18H18ClN5O3/c1-27-4-5-29-17(11-27)12-30-18-3-2-14(21)6-13(18)7-16(28)8-15-9-26-19(10-25-15)20(22,23)24;1-13-8-17(23-20(25)24-19-11-21-15(3)10-22-19)18(9-14(13)2)27-12-16-6-4-5-7-26-16;1-12-7-17(27-11-14-5-3-4-6-26-14)16(8-15(12)20)23-19(25)24-18-10-21-13(2)9-22-18;1-11-8-22-17(9-21-11)24-18(25)23-15-6-13(19)14(20)7-16(15)27-10-12-4-2-3-5-26-12;19-12-4-5-16(27-11-14-3-1-2-6-26-14)15(7-12)23-18(25)24-17-10-21-13(8-20)9-22-17/h2-3,6,9-10,17H,4-5,7-8,11-12H2,1H3;8-11,16H,4-7,12H2,1-3H3,(H2,22,23,24,25);7-10,14H,3-6,11H2,1-2H3,(H2,22,23,24,25);6-9,12H,2-5,10H2,1H3,(H2,22,23,24,25);4-5,7,9-10,14H,1-3,6,11H2,(H2,22,23,24,25)/t17-;16-;14-;12-;14-/m10000/s1. The van der Waals surface area contributed by atoms with Crippen molar-refractivity contribution in [3.05, 3.63) is 216 Å². The van der Waals surface area contributed by atoms with Gasteiger partial charge in [-0.25, -0.2) is 49.1 Å². The van der Waals surface area contributed by atoms with Crippen LogP contribution in [-0.4, -0.2) is 201 Å². The van der Waals surface area contributed by atoms with Crippen molar-refractivity contribution in [3.63, 3.8) is 0 Å². The van der Waals surface area contributed by atoms with Crippen LogP contribution in [0, 0.1) is 52.9 Å². The Morgan fingerprint density at radius 2 is 0.819 bits per heavy atom. The van der Waals surface area contributed by atoms with Crippen molar-refractivity contribution in [3.8, 4) is 34.8 Å². The average molecular weight is 2050 g/mol. The molecule has 0 saturated carbocycles. The Kier molecular flexibility index (Phi) is 41.9. The van der Waals surface area contributed by atoms with Crippen molar-refractivity contribution < 1.29 is 84.5 Å². The number of ether oxygens (including phenoxy) is 10. The second-order valence-electron chi connectivity index (χ2n) is 32.6. The molecule has 5 saturated heterocycles. The predicted molar refractivity (Wildman–Crippen MR) is 520 cm³/mol. The SMILES string of the molecule is CN1CCO[C@@H](COc2ccc(Cl)cc2CC(=O)Cc2cnc(C(F)(F)F)cn2)C1.Cc1cnc(NC(=O)Nc2cc(Br)c(C)cc2OC[C@@H]2CCCCO2)cn1.Cc1cnc(NC(=O)Nc2cc(C)c(C)cc2OC[C@@H]2CCCCO2)cn1.Cc1cnc(NC(=O)Nc2cc(Cl)c(Cl)cc2OC[C@@H]2CCCCO2)cn1.N#Cc1cnc(NC(=O)Nc2cc(Cl)ccc2OC[C@@H]2CCCCO2)cn1. The van der Waals surface area contributed by atoms with Gasteiger partial charge in [-0.15, -0.1) is 0 Å². The Morgan fingerprint density at radius 1 is 0.420 bits per heavy atom. The van der Waals surface area contributed by atoms with E-state index in [1.54, 1.807) is 67.1 Å². The van der Waals surface area contributed by atoms with Crippen LogP contribution in [0.5, 0.6) is 28.7 Å². The van der Waals surface area contributed by atoms with Gasteiger partial charge in [0.2, 0.25) is 0 Å². The van der Waals surface area contributed by atoms with E-state index >= 15 is 0 Å². The van der Waals surface area contributed by atoms with E-state index in [-0.39, 0.29) is 66.4 Å². The first-order valence-electron chi connectivity index (χ1n) is 44.6. The van der Waals surface area contributed by atoms with Gasteiger partial charge in [-0.1, -0.05) is 62.3 Å². The number of carbonyl (C=O) groups excluding carboxylic acids is 5. The number of nitrogens with zero attached hydrogens (tertiary/aromatic N) is 12. The minimum Gasteiger partial charge on any atom is -0.491 e. The molecule has 5 aromatic heterocycles. The largest absolute Gasteiger partial charge is 0.491 e. The lowest BCUT2D eigenvalue weighted by molar-refractivity contribution is -0.141. The summed E-state index contributed by atoms with van der Waals surface area (Å²) < 4.78 is 96.5. The summed E-state index contributed by atoms with van der Waals surface area (Å²) in [6.07, 6.45) is 21.7. The quantitative estimate of drug-likeness (QED) is 0.0237. The molecule has 0 aliphatic carbocycles. The van der Waals surface area contributed by atoms with Gasteiger partial charge in [0, 0.05) is 78.3 Å². The molecule has 0 radical (unpaired) electrons. The van der Waals surface area contributed by atoms with Crippen LogP contribution in [0.25, 0.3) is 0 Å². The number of hydrogen-bond donors (Lipinski definition) is 8. The molecule has 15 rings (SSSR count). The maximum atomic E-state index is 12.6. The molecule has 0 unspecified atom stereocenters. The van der Waals surface area contributed by atoms with Crippen molar-refractivity contribution in [1.82, 2.24) is 54.7 Å². The molecule has 0 bridgehead atoms. The van der Waals surface area contributed by atoms with Gasteiger partial charge in [0.15, 0.2) is 34.7 Å². The molecule has 35 nitrogen and oxygen atoms in total. The molecule has 10 heterocycles. The van der Waals surface area contributed by atoms with Crippen LogP contribution in [0.15, 0.2) is 139 Å². The topological polar surface area (TPSA) is 430 Å². The molecule has 734 valence electrons. The van der Waals surface area contributed by atoms with E-state index in [1.807, 2.05) is 78.9 Å². The van der Waals surface area contributed by atoms with Gasteiger partial charge in [0.25, 0.3) is 0 Å². The van der Waals surface area contributed by atoms with Crippen LogP contribution in [0.3, 0.4) is 0 Å². The number of nitrogens with one attached hydrogen (secondary N) is 8. The number of amides is 8. The first-order chi connectivity index (χ1) is 66.4. The highest BCUT2D eigenvalue weighted by atomic mass is 79.9. The number of anilines is 8. The molecule has 138 heavy (non-hydrogen) atoms. The van der Waals surface area contributed by atoms with Crippen molar-refractivity contribution >= 4 is 138 Å². The zero-order valence-corrected chi connectivity index (χ0v) is 81.6. The van der Waals surface area contributed by atoms with E-state index in [0.29, 0.717) is 140 Å². The Hall–Kier alpha value is -12.1. The van der Waals surface area contributed by atoms with Crippen LogP contribution in [0.1, 0.15) is 133 Å². The van der Waals surface area contributed by atoms with E-state index in [1.165, 1.54) is 31.0 Å². The highest BCUT2D eigenvalue weighted by Crippen LogP contribution is 2.38. The van der Waals surface area contributed by atoms with Crippen LogP contribution >= 0.6 is 62.3 Å². The number of benzene rings is 5. The first kappa shape index (κ1) is 106. The van der Waals surface area contributed by atoms with Crippen molar-refractivity contribution in [1.29, 1.82) is 5.26 Å². The third kappa shape index (κ3) is 36.4. The number of likely N-dealkylation sites (N-methyl/N-ethyl adjacent to an activating group) is 1. The van der Waals surface area contributed by atoms with Gasteiger partial charge >= 0.3 is 30.3 Å². The van der Waals surface area contributed by atoms with Gasteiger partial charge in [-0.05, 0) is 209 Å². The summed E-state index contributed by atoms with van der Waals surface area (Å²) in [5, 5.41) is 31.8. The van der Waals surface area contributed by atoms with Crippen LogP contribution in [0.2, 0.25) is 20.1 Å². The Bertz CT molecular complexity index is 5380. The summed E-state index contributed by atoms with van der Waals surface area (Å²) in [6.45, 7) is 18.8. The normalized spacial score (nSPS) is 16.8. The summed E-state index contributed by atoms with van der Waals surface area (Å²) in [7, 11) is 2.01. The number of aryl methyl sites for hydroxylation is 6. The maximum Gasteiger partial charge on any atom is 0.434 e. The lowest BCUT2D eigenvalue weighted by Crippen LogP contribution is -2.42. The Morgan fingerprint density at radius 3 is 1.25 bits per heavy atom. The second-order valence-corrected chi connectivity index (χ2v) is 35.1. The first-order valence-corrected chi connectivity index (χ1v) is 46.9. The molecule has 5 aromatic carbocycles. The summed E-state index contributed by atoms with van der Waals surface area (Å²) >= 11 is 27.8. The average Bonchev–Trinajstić information content (AvgIpc) is 0.823. The van der Waals surface area contributed by atoms with Gasteiger partial charge in [0.1, 0.15) is 79.7 Å². The highest BCUT2D eigenvalue weighted by Gasteiger charge is 2.33. The van der Waals surface area contributed by atoms with E-state index < -0.39 is 36.0 Å². The van der Waals surface area contributed by atoms with Crippen molar-refractivity contribution in [2.75, 3.05) is 129 Å². The summed E-state index contributed by atoms with van der Waals surface area (Å²) in [6, 6.07) is 20.7. The van der Waals surface area contributed by atoms with Gasteiger partial charge in [-0.2, -0.15) is 18.4 Å². The molecule has 0 spiro atoms. The molecule has 8 N–H and O–H groups in total. The number of urea groups is 4. The fourth-order valence-corrected chi connectivity index (χ4v) is 14.8. The van der Waals surface area contributed by atoms with Gasteiger partial charge in [-0.3, -0.25) is 46.0 Å². The number of ketones is 1. The molecule has 5 atom stereocenters. The van der Waals surface area contributed by atoms with E-state index in [2.05, 4.69) is 113 Å². The van der Waals surface area contributed by atoms with E-state index in [0.717, 1.165) is 161 Å². The summed E-state index contributed by atoms with van der Waals surface area (Å²) in [5.41, 5.74) is 7.36. The van der Waals surface area contributed by atoms with Crippen LogP contribution in [0.4, 0.5) is 78.4 Å². The molecule has 10 aromatic rings. The van der Waals surface area contributed by atoms with Gasteiger partial charge < -0.3 is 73.5 Å². The fourth-order valence-electron chi connectivity index (χ4n) is 13.8. The third-order valence-corrected chi connectivity index (χ3v) is 23.3. The van der Waals surface area contributed by atoms with E-state index in [4.69, 9.17) is 99.0 Å². The Balaban J connectivity index is 0.000000165. The molecule has 8 amide bonds. The third-order valence-electron chi connectivity index (χ3n) is 21.2. The van der Waals surface area contributed by atoms with Gasteiger partial charge in [0.05, 0.1) is 149 Å². The minimum atomic E-state index is -4.57. The van der Waals surface area contributed by atoms with E-state index in [9.17, 15) is 37.1 Å². The number of nitriles is 1.